The molecule has 0 heterocycles. The molecule has 1 aromatic rings. The summed E-state index contributed by atoms with van der Waals surface area (Å²) in [5.74, 6) is -10.8. The van der Waals surface area contributed by atoms with E-state index in [9.17, 15) is 32.5 Å². The highest BCUT2D eigenvalue weighted by molar-refractivity contribution is 5.70. The monoisotopic (exact) mass is 309 g/mol. The van der Waals surface area contributed by atoms with Gasteiger partial charge in [0.05, 0.1) is 11.5 Å². The van der Waals surface area contributed by atoms with Crippen LogP contribution >= 0.6 is 0 Å². The fourth-order valence-corrected chi connectivity index (χ4v) is 1.51. The molecule has 0 atom stereocenters. The van der Waals surface area contributed by atoms with Crippen LogP contribution in [0.4, 0.5) is 23.2 Å². The Labute approximate surface area is 116 Å². The lowest BCUT2D eigenvalue weighted by Crippen LogP contribution is -2.40. The minimum Gasteiger partial charge on any atom is -0.466 e. The molecule has 0 aliphatic carbocycles. The lowest BCUT2D eigenvalue weighted by Gasteiger charge is -2.26. The number of hydrogen-bond acceptors (Lipinski definition) is 4. The molecule has 1 rings (SSSR count). The maximum Gasteiger partial charge on any atom is 0.335 e. The average molecular weight is 309 g/mol. The lowest BCUT2D eigenvalue weighted by atomic mass is 9.99. The zero-order chi connectivity index (χ0) is 16.3. The third-order valence-corrected chi connectivity index (χ3v) is 2.57. The minimum absolute atomic E-state index is 0.210. The number of hydrogen-bond donors (Lipinski definition) is 0. The molecular formula is C12H11F4NO4. The Balaban J connectivity index is 3.02. The van der Waals surface area contributed by atoms with E-state index in [0.717, 1.165) is 0 Å². The lowest BCUT2D eigenvalue weighted by molar-refractivity contribution is -0.384. The van der Waals surface area contributed by atoms with Gasteiger partial charge in [0.1, 0.15) is 6.42 Å². The summed E-state index contributed by atoms with van der Waals surface area (Å²) in [5.41, 5.74) is -1.63. The van der Waals surface area contributed by atoms with Crippen molar-refractivity contribution in [3.05, 3.63) is 39.9 Å². The van der Waals surface area contributed by atoms with Crippen molar-refractivity contribution in [1.82, 2.24) is 0 Å². The minimum atomic E-state index is -4.67. The Hall–Kier alpha value is -2.19. The molecule has 0 unspecified atom stereocenters. The number of alkyl halides is 4. The molecule has 0 amide bonds. The van der Waals surface area contributed by atoms with Crippen molar-refractivity contribution in [3.63, 3.8) is 0 Å². The first-order chi connectivity index (χ1) is 9.61. The molecule has 9 heteroatoms. The van der Waals surface area contributed by atoms with E-state index in [1.54, 1.807) is 0 Å². The number of nitro groups is 1. The van der Waals surface area contributed by atoms with Gasteiger partial charge in [0, 0.05) is 17.7 Å². The van der Waals surface area contributed by atoms with Crippen LogP contribution in [-0.4, -0.2) is 23.4 Å². The molecule has 0 spiro atoms. The highest BCUT2D eigenvalue weighted by Crippen LogP contribution is 2.45. The van der Waals surface area contributed by atoms with Gasteiger partial charge in [-0.1, -0.05) is 0 Å². The summed E-state index contributed by atoms with van der Waals surface area (Å²) in [6.07, 6.45) is -1.79. The summed E-state index contributed by atoms with van der Waals surface area (Å²) in [5, 5.41) is 10.4. The number of carbonyl (C=O) groups is 1. The first-order valence-electron chi connectivity index (χ1n) is 5.78. The second-order valence-corrected chi connectivity index (χ2v) is 4.06. The molecule has 5 nitrogen and oxygen atoms in total. The van der Waals surface area contributed by atoms with Gasteiger partial charge in [-0.15, -0.1) is 0 Å². The maximum atomic E-state index is 13.7. The van der Waals surface area contributed by atoms with Gasteiger partial charge >= 0.3 is 17.8 Å². The second kappa shape index (κ2) is 6.06. The standard InChI is InChI=1S/C12H11F4NO4/c1-2-21-10(18)7-11(13,14)12(15,16)8-3-5-9(6-4-8)17(19)20/h3-6H,2,7H2,1H3. The van der Waals surface area contributed by atoms with E-state index in [-0.39, 0.29) is 6.61 Å². The van der Waals surface area contributed by atoms with Gasteiger partial charge in [-0.25, -0.2) is 0 Å². The van der Waals surface area contributed by atoms with Gasteiger partial charge in [-0.05, 0) is 19.1 Å². The quantitative estimate of drug-likeness (QED) is 0.350. The molecule has 0 saturated heterocycles. The Morgan fingerprint density at radius 1 is 1.24 bits per heavy atom. The van der Waals surface area contributed by atoms with E-state index in [1.807, 2.05) is 0 Å². The Kier molecular flexibility index (Phi) is 4.87. The third kappa shape index (κ3) is 3.67. The van der Waals surface area contributed by atoms with Gasteiger partial charge in [-0.2, -0.15) is 17.6 Å². The van der Waals surface area contributed by atoms with E-state index in [2.05, 4.69) is 4.74 Å². The predicted molar refractivity (Wildman–Crippen MR) is 63.2 cm³/mol. The molecule has 1 aromatic carbocycles. The Morgan fingerprint density at radius 2 is 1.76 bits per heavy atom. The highest BCUT2D eigenvalue weighted by Gasteiger charge is 2.58. The Morgan fingerprint density at radius 3 is 2.19 bits per heavy atom. The number of carbonyl (C=O) groups excluding carboxylic acids is 1. The summed E-state index contributed by atoms with van der Waals surface area (Å²) in [6.45, 7) is 1.14. The van der Waals surface area contributed by atoms with E-state index in [0.29, 0.717) is 24.3 Å². The summed E-state index contributed by atoms with van der Waals surface area (Å²) in [4.78, 5) is 20.5. The summed E-state index contributed by atoms with van der Waals surface area (Å²) >= 11 is 0. The van der Waals surface area contributed by atoms with Gasteiger partial charge in [0.2, 0.25) is 0 Å². The number of nitro benzene ring substituents is 1. The largest absolute Gasteiger partial charge is 0.466 e. The number of benzene rings is 1. The van der Waals surface area contributed by atoms with E-state index >= 15 is 0 Å². The number of halogens is 4. The van der Waals surface area contributed by atoms with Gasteiger partial charge in [0.15, 0.2) is 0 Å². The predicted octanol–water partition coefficient (Wildman–Crippen LogP) is 3.28. The number of ether oxygens (including phenoxy) is 1. The van der Waals surface area contributed by atoms with Gasteiger partial charge in [0.25, 0.3) is 5.69 Å². The molecule has 0 N–H and O–H groups in total. The fourth-order valence-electron chi connectivity index (χ4n) is 1.51. The second-order valence-electron chi connectivity index (χ2n) is 4.06. The highest BCUT2D eigenvalue weighted by atomic mass is 19.3. The van der Waals surface area contributed by atoms with Crippen LogP contribution in [0.15, 0.2) is 24.3 Å². The van der Waals surface area contributed by atoms with Crippen molar-refractivity contribution in [2.45, 2.75) is 25.2 Å². The van der Waals surface area contributed by atoms with Crippen molar-refractivity contribution in [3.8, 4) is 0 Å². The van der Waals surface area contributed by atoms with E-state index in [4.69, 9.17) is 0 Å². The molecule has 116 valence electrons. The van der Waals surface area contributed by atoms with Gasteiger partial charge in [-0.3, -0.25) is 14.9 Å². The molecule has 0 bridgehead atoms. The van der Waals surface area contributed by atoms with Crippen LogP contribution in [0.25, 0.3) is 0 Å². The molecular weight excluding hydrogens is 298 g/mol. The molecule has 0 aliphatic rings. The van der Waals surface area contributed by atoms with Crippen LogP contribution < -0.4 is 0 Å². The molecule has 0 aliphatic heterocycles. The fraction of sp³-hybridized carbons (Fsp3) is 0.417. The topological polar surface area (TPSA) is 69.4 Å². The smallest absolute Gasteiger partial charge is 0.335 e. The molecule has 0 aromatic heterocycles. The van der Waals surface area contributed by atoms with Crippen LogP contribution in [0.5, 0.6) is 0 Å². The molecule has 0 saturated carbocycles. The number of rotatable bonds is 6. The van der Waals surface area contributed by atoms with E-state index < -0.39 is 40.4 Å². The Bertz CT molecular complexity index is 531. The first kappa shape index (κ1) is 16.9. The van der Waals surface area contributed by atoms with Crippen molar-refractivity contribution in [2.75, 3.05) is 6.61 Å². The van der Waals surface area contributed by atoms with Crippen molar-refractivity contribution in [2.24, 2.45) is 0 Å². The van der Waals surface area contributed by atoms with Crippen LogP contribution in [0.3, 0.4) is 0 Å². The van der Waals surface area contributed by atoms with Gasteiger partial charge < -0.3 is 4.74 Å². The van der Waals surface area contributed by atoms with Crippen molar-refractivity contribution < 1.29 is 32.0 Å². The zero-order valence-corrected chi connectivity index (χ0v) is 10.8. The van der Waals surface area contributed by atoms with Crippen LogP contribution in [0.1, 0.15) is 18.9 Å². The first-order valence-corrected chi connectivity index (χ1v) is 5.78. The average Bonchev–Trinajstić information content (AvgIpc) is 2.38. The zero-order valence-electron chi connectivity index (χ0n) is 10.8. The summed E-state index contributed by atoms with van der Waals surface area (Å²) < 4.78 is 58.8. The van der Waals surface area contributed by atoms with Crippen LogP contribution in [0.2, 0.25) is 0 Å². The van der Waals surface area contributed by atoms with Crippen LogP contribution in [-0.2, 0) is 15.5 Å². The maximum absolute atomic E-state index is 13.7. The SMILES string of the molecule is CCOC(=O)CC(F)(F)C(F)(F)c1ccc([N+](=O)[O-])cc1. The third-order valence-electron chi connectivity index (χ3n) is 2.57. The normalized spacial score (nSPS) is 12.0. The van der Waals surface area contributed by atoms with Crippen molar-refractivity contribution >= 4 is 11.7 Å². The summed E-state index contributed by atoms with van der Waals surface area (Å²) in [6, 6.07) is 2.42. The number of esters is 1. The van der Waals surface area contributed by atoms with Crippen LogP contribution in [0, 0.1) is 10.1 Å². The molecule has 0 radical (unpaired) electrons. The number of non-ortho nitro benzene ring substituents is 1. The summed E-state index contributed by atoms with van der Waals surface area (Å²) in [7, 11) is 0. The van der Waals surface area contributed by atoms with Crippen molar-refractivity contribution in [1.29, 1.82) is 0 Å². The number of nitrogens with zero attached hydrogens (tertiary/aromatic N) is 1. The molecule has 21 heavy (non-hydrogen) atoms. The molecule has 0 fully saturated rings. The van der Waals surface area contributed by atoms with E-state index in [1.165, 1.54) is 6.92 Å².